The number of nitrogens with zero attached hydrogens (tertiary/aromatic N) is 1. The molecule has 0 aliphatic carbocycles. The number of likely N-dealkylation sites (tertiary alicyclic amines) is 1. The molecule has 1 fully saturated rings. The molecule has 0 spiro atoms. The van der Waals surface area contributed by atoms with E-state index < -0.39 is 0 Å². The van der Waals surface area contributed by atoms with Gasteiger partial charge in [-0.3, -0.25) is 4.90 Å². The molecule has 1 aliphatic heterocycles. The number of nitrogens with two attached hydrogens (primary N) is 1. The van der Waals surface area contributed by atoms with Crippen LogP contribution in [0, 0.1) is 0 Å². The highest BCUT2D eigenvalue weighted by molar-refractivity contribution is 6.31. The minimum absolute atomic E-state index is 0. The van der Waals surface area contributed by atoms with Crippen LogP contribution in [-0.4, -0.2) is 24.0 Å². The topological polar surface area (TPSA) is 29.3 Å². The van der Waals surface area contributed by atoms with Crippen LogP contribution in [-0.2, 0) is 0 Å². The molecule has 0 amide bonds. The lowest BCUT2D eigenvalue weighted by atomic mass is 10.1. The fourth-order valence-electron chi connectivity index (χ4n) is 2.18. The lowest BCUT2D eigenvalue weighted by molar-refractivity contribution is 0.260. The van der Waals surface area contributed by atoms with E-state index in [1.807, 2.05) is 18.2 Å². The first-order valence-electron chi connectivity index (χ1n) is 5.42. The molecule has 2 rings (SSSR count). The van der Waals surface area contributed by atoms with Crippen molar-refractivity contribution in [3.8, 4) is 0 Å². The van der Waals surface area contributed by atoms with Crippen molar-refractivity contribution < 1.29 is 0 Å². The molecule has 1 saturated heterocycles. The van der Waals surface area contributed by atoms with Gasteiger partial charge in [-0.05, 0) is 25.0 Å². The summed E-state index contributed by atoms with van der Waals surface area (Å²) in [7, 11) is 0. The van der Waals surface area contributed by atoms with Gasteiger partial charge >= 0.3 is 0 Å². The van der Waals surface area contributed by atoms with Crippen molar-refractivity contribution in [2.75, 3.05) is 13.1 Å². The van der Waals surface area contributed by atoms with E-state index in [9.17, 15) is 0 Å². The van der Waals surface area contributed by atoms with Gasteiger partial charge < -0.3 is 5.73 Å². The van der Waals surface area contributed by atoms with Gasteiger partial charge in [0.15, 0.2) is 0 Å². The summed E-state index contributed by atoms with van der Waals surface area (Å²) in [5.74, 6) is 0. The molecule has 1 aromatic carbocycles. The molecule has 1 heterocycles. The van der Waals surface area contributed by atoms with Crippen LogP contribution in [0.5, 0.6) is 0 Å². The van der Waals surface area contributed by atoms with Crippen molar-refractivity contribution in [2.45, 2.75) is 25.4 Å². The predicted molar refractivity (Wildman–Crippen MR) is 71.3 cm³/mol. The van der Waals surface area contributed by atoms with Gasteiger partial charge in [0.2, 0.25) is 0 Å². The van der Waals surface area contributed by atoms with E-state index in [1.165, 1.54) is 5.56 Å². The Morgan fingerprint density at radius 2 is 2.12 bits per heavy atom. The molecule has 0 aromatic heterocycles. The highest BCUT2D eigenvalue weighted by Crippen LogP contribution is 2.29. The van der Waals surface area contributed by atoms with E-state index in [4.69, 9.17) is 17.3 Å². The molecule has 16 heavy (non-hydrogen) atoms. The molecule has 0 saturated carbocycles. The fraction of sp³-hybridized carbons (Fsp3) is 0.500. The van der Waals surface area contributed by atoms with Crippen LogP contribution < -0.4 is 5.73 Å². The SMILES string of the molecule is CC(c1ccccc1Cl)N1CC[C@H](N)C1.Cl. The molecule has 1 unspecified atom stereocenters. The van der Waals surface area contributed by atoms with Gasteiger partial charge in [0.05, 0.1) is 0 Å². The summed E-state index contributed by atoms with van der Waals surface area (Å²) in [6, 6.07) is 8.74. The van der Waals surface area contributed by atoms with Crippen LogP contribution in [0.2, 0.25) is 5.02 Å². The Bertz CT molecular complexity index is 344. The van der Waals surface area contributed by atoms with Gasteiger partial charge in [0.1, 0.15) is 0 Å². The standard InChI is InChI=1S/C12H17ClN2.ClH/c1-9(15-7-6-10(14)8-15)11-4-2-3-5-12(11)13;/h2-5,9-10H,6-8,14H2,1H3;1H/t9?,10-;/m0./s1. The number of hydrogen-bond acceptors (Lipinski definition) is 2. The van der Waals surface area contributed by atoms with E-state index in [0.29, 0.717) is 12.1 Å². The number of benzene rings is 1. The van der Waals surface area contributed by atoms with Crippen molar-refractivity contribution in [3.63, 3.8) is 0 Å². The van der Waals surface area contributed by atoms with Crippen molar-refractivity contribution in [2.24, 2.45) is 5.73 Å². The minimum Gasteiger partial charge on any atom is -0.326 e. The van der Waals surface area contributed by atoms with Crippen molar-refractivity contribution >= 4 is 24.0 Å². The van der Waals surface area contributed by atoms with Crippen LogP contribution in [0.15, 0.2) is 24.3 Å². The minimum atomic E-state index is 0. The zero-order valence-corrected chi connectivity index (χ0v) is 11.0. The zero-order valence-electron chi connectivity index (χ0n) is 9.40. The second-order valence-electron chi connectivity index (χ2n) is 4.24. The Hall–Kier alpha value is -0.280. The average Bonchev–Trinajstić information content (AvgIpc) is 2.65. The number of hydrogen-bond donors (Lipinski definition) is 1. The monoisotopic (exact) mass is 260 g/mol. The highest BCUT2D eigenvalue weighted by Gasteiger charge is 2.25. The molecule has 1 aliphatic rings. The van der Waals surface area contributed by atoms with E-state index in [2.05, 4.69) is 17.9 Å². The summed E-state index contributed by atoms with van der Waals surface area (Å²) in [6.45, 7) is 4.25. The third-order valence-corrected chi connectivity index (χ3v) is 3.50. The summed E-state index contributed by atoms with van der Waals surface area (Å²) >= 11 is 6.18. The van der Waals surface area contributed by atoms with Gasteiger partial charge in [0.25, 0.3) is 0 Å². The van der Waals surface area contributed by atoms with E-state index in [0.717, 1.165) is 24.5 Å². The molecule has 2 atom stereocenters. The molecule has 2 N–H and O–H groups in total. The van der Waals surface area contributed by atoms with E-state index >= 15 is 0 Å². The molecule has 1 aromatic rings. The van der Waals surface area contributed by atoms with Gasteiger partial charge in [-0.15, -0.1) is 12.4 Å². The Morgan fingerprint density at radius 3 is 2.69 bits per heavy atom. The fourth-order valence-corrected chi connectivity index (χ4v) is 2.47. The van der Waals surface area contributed by atoms with Gasteiger partial charge in [-0.1, -0.05) is 29.8 Å². The Balaban J connectivity index is 0.00000128. The smallest absolute Gasteiger partial charge is 0.0453 e. The van der Waals surface area contributed by atoms with Crippen LogP contribution >= 0.6 is 24.0 Å². The lowest BCUT2D eigenvalue weighted by Gasteiger charge is -2.25. The lowest BCUT2D eigenvalue weighted by Crippen LogP contribution is -2.28. The molecule has 0 radical (unpaired) electrons. The maximum absolute atomic E-state index is 6.18. The van der Waals surface area contributed by atoms with E-state index in [1.54, 1.807) is 0 Å². The van der Waals surface area contributed by atoms with E-state index in [-0.39, 0.29) is 12.4 Å². The Morgan fingerprint density at radius 1 is 1.44 bits per heavy atom. The maximum Gasteiger partial charge on any atom is 0.0453 e. The summed E-state index contributed by atoms with van der Waals surface area (Å²) < 4.78 is 0. The molecule has 0 bridgehead atoms. The first-order chi connectivity index (χ1) is 7.18. The normalized spacial score (nSPS) is 22.8. The molecular formula is C12H18Cl2N2. The molecule has 90 valence electrons. The van der Waals surface area contributed by atoms with Crippen LogP contribution in [0.4, 0.5) is 0 Å². The predicted octanol–water partition coefficient (Wildman–Crippen LogP) is 2.86. The van der Waals surface area contributed by atoms with Crippen LogP contribution in [0.25, 0.3) is 0 Å². The molecular weight excluding hydrogens is 243 g/mol. The van der Waals surface area contributed by atoms with Crippen LogP contribution in [0.3, 0.4) is 0 Å². The van der Waals surface area contributed by atoms with Crippen LogP contribution in [0.1, 0.15) is 24.9 Å². The first kappa shape index (κ1) is 13.8. The largest absolute Gasteiger partial charge is 0.326 e. The van der Waals surface area contributed by atoms with Gasteiger partial charge in [-0.2, -0.15) is 0 Å². The first-order valence-corrected chi connectivity index (χ1v) is 5.80. The summed E-state index contributed by atoms with van der Waals surface area (Å²) in [6.07, 6.45) is 1.09. The van der Waals surface area contributed by atoms with Gasteiger partial charge in [0, 0.05) is 30.2 Å². The second-order valence-corrected chi connectivity index (χ2v) is 4.65. The second kappa shape index (κ2) is 5.87. The summed E-state index contributed by atoms with van der Waals surface area (Å²) in [5.41, 5.74) is 7.11. The third-order valence-electron chi connectivity index (χ3n) is 3.16. The van der Waals surface area contributed by atoms with Crippen molar-refractivity contribution in [1.29, 1.82) is 0 Å². The van der Waals surface area contributed by atoms with Crippen molar-refractivity contribution in [1.82, 2.24) is 4.90 Å². The molecule has 2 nitrogen and oxygen atoms in total. The third kappa shape index (κ3) is 2.89. The maximum atomic E-state index is 6.18. The zero-order chi connectivity index (χ0) is 10.8. The summed E-state index contributed by atoms with van der Waals surface area (Å²) in [5, 5.41) is 0.852. The Labute approximate surface area is 108 Å². The van der Waals surface area contributed by atoms with Gasteiger partial charge in [-0.25, -0.2) is 0 Å². The molecule has 4 heteroatoms. The number of rotatable bonds is 2. The summed E-state index contributed by atoms with van der Waals surface area (Å²) in [4.78, 5) is 2.39. The van der Waals surface area contributed by atoms with Crippen molar-refractivity contribution in [3.05, 3.63) is 34.9 Å². The average molecular weight is 261 g/mol. The Kier molecular flexibility index (Phi) is 5.06. The highest BCUT2D eigenvalue weighted by atomic mass is 35.5. The number of halogens is 2. The quantitative estimate of drug-likeness (QED) is 0.887.